The van der Waals surface area contributed by atoms with E-state index in [0.29, 0.717) is 6.42 Å². The van der Waals surface area contributed by atoms with E-state index in [1.54, 1.807) is 0 Å². The molecular weight excluding hydrogens is 299 g/mol. The van der Waals surface area contributed by atoms with E-state index in [1.807, 2.05) is 31.2 Å². The molecule has 0 amide bonds. The third kappa shape index (κ3) is 5.52. The highest BCUT2D eigenvalue weighted by atomic mass is 79.9. The Hall–Kier alpha value is -0.590. The minimum absolute atomic E-state index is 0.255. The summed E-state index contributed by atoms with van der Waals surface area (Å²) >= 11 is 3.31. The van der Waals surface area contributed by atoms with Crippen LogP contribution >= 0.6 is 15.9 Å². The van der Waals surface area contributed by atoms with E-state index in [-0.39, 0.29) is 6.04 Å². The minimum atomic E-state index is -4.32. The Balaban J connectivity index is 2.54. The molecule has 0 radical (unpaired) electrons. The van der Waals surface area contributed by atoms with Crippen LogP contribution in [0.25, 0.3) is 0 Å². The van der Waals surface area contributed by atoms with E-state index < -0.39 is 12.8 Å². The normalized spacial score (nSPS) is 13.7. The molecule has 2 nitrogen and oxygen atoms in total. The van der Waals surface area contributed by atoms with Gasteiger partial charge in [-0.1, -0.05) is 35.0 Å². The van der Waals surface area contributed by atoms with Crippen LogP contribution in [-0.2, 0) is 4.84 Å². The summed E-state index contributed by atoms with van der Waals surface area (Å²) in [7, 11) is 0. The first-order valence-electron chi connectivity index (χ1n) is 5.12. The second-order valence-electron chi connectivity index (χ2n) is 3.54. The molecule has 0 spiro atoms. The van der Waals surface area contributed by atoms with Crippen molar-refractivity contribution in [1.29, 1.82) is 0 Å². The van der Waals surface area contributed by atoms with E-state index >= 15 is 0 Å². The van der Waals surface area contributed by atoms with Crippen LogP contribution in [0.4, 0.5) is 13.2 Å². The number of nitrogens with one attached hydrogen (secondary N) is 1. The number of hydroxylamine groups is 1. The van der Waals surface area contributed by atoms with Gasteiger partial charge in [0.2, 0.25) is 0 Å². The van der Waals surface area contributed by atoms with Crippen molar-refractivity contribution in [2.24, 2.45) is 0 Å². The first-order chi connectivity index (χ1) is 7.92. The van der Waals surface area contributed by atoms with Crippen LogP contribution in [0, 0.1) is 0 Å². The highest BCUT2D eigenvalue weighted by Gasteiger charge is 2.28. The fourth-order valence-electron chi connectivity index (χ4n) is 1.33. The van der Waals surface area contributed by atoms with Crippen molar-refractivity contribution in [2.75, 3.05) is 6.61 Å². The smallest absolute Gasteiger partial charge is 0.292 e. The van der Waals surface area contributed by atoms with Crippen molar-refractivity contribution in [2.45, 2.75) is 25.6 Å². The van der Waals surface area contributed by atoms with Gasteiger partial charge in [-0.15, -0.1) is 0 Å². The van der Waals surface area contributed by atoms with Gasteiger partial charge in [-0.3, -0.25) is 4.84 Å². The maximum atomic E-state index is 11.9. The second-order valence-corrected chi connectivity index (χ2v) is 4.45. The molecule has 0 aromatic heterocycles. The highest BCUT2D eigenvalue weighted by Crippen LogP contribution is 2.21. The van der Waals surface area contributed by atoms with Gasteiger partial charge in [0, 0.05) is 4.47 Å². The van der Waals surface area contributed by atoms with Gasteiger partial charge in [0.15, 0.2) is 6.61 Å². The molecule has 1 aromatic rings. The number of hydrogen-bond donors (Lipinski definition) is 1. The van der Waals surface area contributed by atoms with E-state index in [4.69, 9.17) is 0 Å². The Bertz CT molecular complexity index is 357. The molecule has 0 aliphatic rings. The molecule has 1 N–H and O–H groups in total. The van der Waals surface area contributed by atoms with Gasteiger partial charge >= 0.3 is 6.18 Å². The van der Waals surface area contributed by atoms with Gasteiger partial charge in [-0.25, -0.2) is 0 Å². The number of rotatable bonds is 5. The average molecular weight is 312 g/mol. The summed E-state index contributed by atoms with van der Waals surface area (Å²) in [5.41, 5.74) is 3.31. The van der Waals surface area contributed by atoms with Crippen LogP contribution in [0.1, 0.15) is 24.9 Å². The molecular formula is C11H13BrF3NO. The van der Waals surface area contributed by atoms with E-state index in [0.717, 1.165) is 10.0 Å². The molecule has 1 rings (SSSR count). The van der Waals surface area contributed by atoms with Gasteiger partial charge < -0.3 is 0 Å². The van der Waals surface area contributed by atoms with Gasteiger partial charge in [-0.2, -0.15) is 18.7 Å². The van der Waals surface area contributed by atoms with E-state index in [2.05, 4.69) is 26.2 Å². The lowest BCUT2D eigenvalue weighted by atomic mass is 10.1. The first-order valence-corrected chi connectivity index (χ1v) is 5.91. The Labute approximate surface area is 106 Å². The Kier molecular flexibility index (Phi) is 5.42. The third-order valence-electron chi connectivity index (χ3n) is 2.12. The zero-order valence-corrected chi connectivity index (χ0v) is 10.8. The number of benzene rings is 1. The van der Waals surface area contributed by atoms with Crippen molar-refractivity contribution in [1.82, 2.24) is 5.48 Å². The van der Waals surface area contributed by atoms with Crippen LogP contribution in [0.5, 0.6) is 0 Å². The van der Waals surface area contributed by atoms with Crippen LogP contribution in [-0.4, -0.2) is 12.8 Å². The molecule has 0 heterocycles. The van der Waals surface area contributed by atoms with Crippen molar-refractivity contribution in [3.8, 4) is 0 Å². The molecule has 1 aromatic carbocycles. The van der Waals surface area contributed by atoms with E-state index in [1.165, 1.54) is 0 Å². The fraction of sp³-hybridized carbons (Fsp3) is 0.455. The Morgan fingerprint density at radius 3 is 2.65 bits per heavy atom. The van der Waals surface area contributed by atoms with Crippen LogP contribution < -0.4 is 5.48 Å². The molecule has 0 fully saturated rings. The van der Waals surface area contributed by atoms with Crippen LogP contribution in [0.2, 0.25) is 0 Å². The Morgan fingerprint density at radius 2 is 2.12 bits per heavy atom. The van der Waals surface area contributed by atoms with E-state index in [9.17, 15) is 13.2 Å². The molecule has 0 aliphatic heterocycles. The summed E-state index contributed by atoms with van der Waals surface area (Å²) in [5.74, 6) is 0. The molecule has 0 aliphatic carbocycles. The van der Waals surface area contributed by atoms with Crippen LogP contribution in [0.3, 0.4) is 0 Å². The molecule has 6 heteroatoms. The summed E-state index contributed by atoms with van der Waals surface area (Å²) in [6.45, 7) is 0.576. The zero-order valence-electron chi connectivity index (χ0n) is 9.22. The molecule has 1 unspecified atom stereocenters. The number of halogens is 4. The average Bonchev–Trinajstić information content (AvgIpc) is 2.23. The third-order valence-corrected chi connectivity index (χ3v) is 2.61. The lowest BCUT2D eigenvalue weighted by Crippen LogP contribution is -2.27. The van der Waals surface area contributed by atoms with Crippen molar-refractivity contribution >= 4 is 15.9 Å². The molecule has 0 saturated heterocycles. The minimum Gasteiger partial charge on any atom is -0.292 e. The maximum Gasteiger partial charge on any atom is 0.413 e. The number of alkyl halides is 3. The SMILES string of the molecule is CCC(NOCC(F)(F)F)c1cccc(Br)c1. The lowest BCUT2D eigenvalue weighted by Gasteiger charge is -2.18. The monoisotopic (exact) mass is 311 g/mol. The topological polar surface area (TPSA) is 21.3 Å². The molecule has 0 bridgehead atoms. The summed E-state index contributed by atoms with van der Waals surface area (Å²) in [5, 5.41) is 0. The van der Waals surface area contributed by atoms with Gasteiger partial charge in [-0.05, 0) is 24.1 Å². The maximum absolute atomic E-state index is 11.9. The molecule has 96 valence electrons. The first kappa shape index (κ1) is 14.5. The van der Waals surface area contributed by atoms with Gasteiger partial charge in [0.1, 0.15) is 0 Å². The molecule has 0 saturated carbocycles. The fourth-order valence-corrected chi connectivity index (χ4v) is 1.75. The summed E-state index contributed by atoms with van der Waals surface area (Å²) in [6, 6.07) is 7.11. The van der Waals surface area contributed by atoms with Crippen molar-refractivity contribution < 1.29 is 18.0 Å². The summed E-state index contributed by atoms with van der Waals surface area (Å²) < 4.78 is 36.6. The molecule has 17 heavy (non-hydrogen) atoms. The largest absolute Gasteiger partial charge is 0.413 e. The Morgan fingerprint density at radius 1 is 1.41 bits per heavy atom. The lowest BCUT2D eigenvalue weighted by molar-refractivity contribution is -0.193. The highest BCUT2D eigenvalue weighted by molar-refractivity contribution is 9.10. The zero-order chi connectivity index (χ0) is 12.9. The molecule has 1 atom stereocenters. The quantitative estimate of drug-likeness (QED) is 0.830. The van der Waals surface area contributed by atoms with Crippen molar-refractivity contribution in [3.63, 3.8) is 0 Å². The predicted molar refractivity (Wildman–Crippen MR) is 62.3 cm³/mol. The summed E-state index contributed by atoms with van der Waals surface area (Å²) in [6.07, 6.45) is -3.68. The second kappa shape index (κ2) is 6.37. The summed E-state index contributed by atoms with van der Waals surface area (Å²) in [4.78, 5) is 4.46. The van der Waals surface area contributed by atoms with Gasteiger partial charge in [0.25, 0.3) is 0 Å². The van der Waals surface area contributed by atoms with Crippen molar-refractivity contribution in [3.05, 3.63) is 34.3 Å². The van der Waals surface area contributed by atoms with Crippen LogP contribution in [0.15, 0.2) is 28.7 Å². The van der Waals surface area contributed by atoms with Gasteiger partial charge in [0.05, 0.1) is 6.04 Å². The standard InChI is InChI=1S/C11H13BrF3NO/c1-2-10(16-17-7-11(13,14)15)8-4-3-5-9(12)6-8/h3-6,10,16H,2,7H2,1H3. The number of hydrogen-bond acceptors (Lipinski definition) is 2. The predicted octanol–water partition coefficient (Wildman–Crippen LogP) is 3.98.